The fourth-order valence-electron chi connectivity index (χ4n) is 2.84. The molecule has 1 heterocycles. The van der Waals surface area contributed by atoms with E-state index in [1.807, 2.05) is 46.7 Å². The van der Waals surface area contributed by atoms with Crippen LogP contribution in [0.5, 0.6) is 0 Å². The highest BCUT2D eigenvalue weighted by Gasteiger charge is 2.61. The Hall–Kier alpha value is -0.650. The van der Waals surface area contributed by atoms with Crippen molar-refractivity contribution in [2.24, 2.45) is 0 Å². The van der Waals surface area contributed by atoms with E-state index >= 15 is 0 Å². The van der Waals surface area contributed by atoms with Crippen molar-refractivity contribution in [3.05, 3.63) is 0 Å². The van der Waals surface area contributed by atoms with Gasteiger partial charge in [0.1, 0.15) is 5.54 Å². The van der Waals surface area contributed by atoms with Crippen LogP contribution >= 0.6 is 0 Å². The van der Waals surface area contributed by atoms with Crippen molar-refractivity contribution in [1.82, 2.24) is 10.2 Å². The van der Waals surface area contributed by atoms with Gasteiger partial charge in [-0.3, -0.25) is 10.1 Å². The van der Waals surface area contributed by atoms with Gasteiger partial charge in [0.05, 0.1) is 11.2 Å². The minimum atomic E-state index is -1.02. The van der Waals surface area contributed by atoms with Crippen LogP contribution in [0.2, 0.25) is 0 Å². The summed E-state index contributed by atoms with van der Waals surface area (Å²) in [5.41, 5.74) is -2.17. The van der Waals surface area contributed by atoms with Gasteiger partial charge in [-0.15, -0.1) is 0 Å². The fourth-order valence-corrected chi connectivity index (χ4v) is 2.84. The van der Waals surface area contributed by atoms with E-state index in [4.69, 9.17) is 4.74 Å². The van der Waals surface area contributed by atoms with Crippen LogP contribution in [0.3, 0.4) is 0 Å². The lowest BCUT2D eigenvalue weighted by atomic mass is 9.79. The van der Waals surface area contributed by atoms with E-state index in [1.165, 1.54) is 0 Å². The van der Waals surface area contributed by atoms with Crippen LogP contribution in [0.25, 0.3) is 0 Å². The van der Waals surface area contributed by atoms with E-state index in [2.05, 4.69) is 5.32 Å². The van der Waals surface area contributed by atoms with Crippen LogP contribution in [-0.2, 0) is 9.53 Å². The summed E-state index contributed by atoms with van der Waals surface area (Å²) >= 11 is 0. The van der Waals surface area contributed by atoms with Gasteiger partial charge in [0.15, 0.2) is 0 Å². The van der Waals surface area contributed by atoms with E-state index in [-0.39, 0.29) is 0 Å². The highest BCUT2D eigenvalue weighted by atomic mass is 16.5. The quantitative estimate of drug-likeness (QED) is 0.768. The Bertz CT molecular complexity index is 326. The molecule has 0 aromatic carbocycles. The zero-order valence-corrected chi connectivity index (χ0v) is 12.3. The molecule has 1 saturated heterocycles. The number of carboxylic acid groups (broad SMARTS) is 1. The molecule has 1 rings (SSSR count). The molecule has 5 heteroatoms. The monoisotopic (exact) mass is 258 g/mol. The first kappa shape index (κ1) is 15.4. The molecule has 18 heavy (non-hydrogen) atoms. The van der Waals surface area contributed by atoms with Crippen LogP contribution in [0.15, 0.2) is 0 Å². The Kier molecular flexibility index (Phi) is 4.10. The maximum atomic E-state index is 11.7. The van der Waals surface area contributed by atoms with Crippen molar-refractivity contribution >= 4 is 5.97 Å². The molecule has 1 aliphatic rings. The summed E-state index contributed by atoms with van der Waals surface area (Å²) in [4.78, 5) is 13.8. The second-order valence-corrected chi connectivity index (χ2v) is 6.49. The first-order valence-electron chi connectivity index (χ1n) is 6.36. The highest BCUT2D eigenvalue weighted by Crippen LogP contribution is 2.45. The van der Waals surface area contributed by atoms with Gasteiger partial charge in [-0.05, 0) is 41.8 Å². The van der Waals surface area contributed by atoms with Gasteiger partial charge < -0.3 is 14.7 Å². The smallest absolute Gasteiger partial charge is 0.327 e. The highest BCUT2D eigenvalue weighted by molar-refractivity contribution is 5.81. The number of nitrogens with one attached hydrogen (secondary N) is 1. The lowest BCUT2D eigenvalue weighted by molar-refractivity contribution is -0.153. The molecule has 0 bridgehead atoms. The molecular formula is C13H26N2O3. The number of hydrogen-bond acceptors (Lipinski definition) is 4. The Morgan fingerprint density at radius 1 is 1.33 bits per heavy atom. The summed E-state index contributed by atoms with van der Waals surface area (Å²) in [6, 6.07) is 0. The number of aliphatic carboxylic acids is 1. The Labute approximate surface area is 109 Å². The van der Waals surface area contributed by atoms with Crippen molar-refractivity contribution in [2.45, 2.75) is 50.9 Å². The van der Waals surface area contributed by atoms with Gasteiger partial charge in [-0.2, -0.15) is 0 Å². The third-order valence-electron chi connectivity index (χ3n) is 3.60. The molecule has 1 fully saturated rings. The third-order valence-corrected chi connectivity index (χ3v) is 3.60. The van der Waals surface area contributed by atoms with Gasteiger partial charge in [0, 0.05) is 19.5 Å². The standard InChI is InChI=1S/C13H26N2O3/c1-11(2)9-13(10(16)17,12(3,4)18-11)14-7-8-15(5)6/h14H,7-9H2,1-6H3,(H,16,17). The van der Waals surface area contributed by atoms with E-state index in [0.29, 0.717) is 13.0 Å². The molecule has 0 saturated carbocycles. The largest absolute Gasteiger partial charge is 0.480 e. The van der Waals surface area contributed by atoms with Gasteiger partial charge in [-0.25, -0.2) is 0 Å². The maximum absolute atomic E-state index is 11.7. The molecule has 1 atom stereocenters. The number of nitrogens with zero attached hydrogens (tertiary/aromatic N) is 1. The summed E-state index contributed by atoms with van der Waals surface area (Å²) < 4.78 is 5.91. The Morgan fingerprint density at radius 2 is 1.89 bits per heavy atom. The van der Waals surface area contributed by atoms with Crippen LogP contribution in [0, 0.1) is 0 Å². The lowest BCUT2D eigenvalue weighted by Crippen LogP contribution is -2.63. The molecule has 0 aromatic rings. The Balaban J connectivity index is 2.90. The number of carbonyl (C=O) groups is 1. The Morgan fingerprint density at radius 3 is 2.22 bits per heavy atom. The molecule has 106 valence electrons. The first-order chi connectivity index (χ1) is 8.02. The molecule has 0 aromatic heterocycles. The van der Waals surface area contributed by atoms with E-state index < -0.39 is 22.7 Å². The fraction of sp³-hybridized carbons (Fsp3) is 0.923. The zero-order valence-electron chi connectivity index (χ0n) is 12.3. The van der Waals surface area contributed by atoms with Gasteiger partial charge in [-0.1, -0.05) is 0 Å². The van der Waals surface area contributed by atoms with Crippen molar-refractivity contribution in [1.29, 1.82) is 0 Å². The summed E-state index contributed by atoms with van der Waals surface area (Å²) in [5.74, 6) is -0.836. The maximum Gasteiger partial charge on any atom is 0.327 e. The predicted octanol–water partition coefficient (Wildman–Crippen LogP) is 0.939. The minimum Gasteiger partial charge on any atom is -0.480 e. The van der Waals surface area contributed by atoms with Crippen LogP contribution in [0.4, 0.5) is 0 Å². The SMILES string of the molecule is CN(C)CCNC1(C(=O)O)CC(C)(C)OC1(C)C. The summed E-state index contributed by atoms with van der Waals surface area (Å²) in [6.45, 7) is 8.99. The predicted molar refractivity (Wildman–Crippen MR) is 70.8 cm³/mol. The average Bonchev–Trinajstić information content (AvgIpc) is 2.30. The number of rotatable bonds is 5. The molecule has 0 aliphatic carbocycles. The molecule has 2 N–H and O–H groups in total. The number of carboxylic acids is 1. The molecule has 0 radical (unpaired) electrons. The lowest BCUT2D eigenvalue weighted by Gasteiger charge is -2.37. The summed E-state index contributed by atoms with van der Waals surface area (Å²) in [5, 5.41) is 12.8. The van der Waals surface area contributed by atoms with Crippen LogP contribution < -0.4 is 5.32 Å². The van der Waals surface area contributed by atoms with Crippen LogP contribution in [-0.4, -0.2) is 59.9 Å². The summed E-state index contributed by atoms with van der Waals surface area (Å²) in [6.07, 6.45) is 0.468. The van der Waals surface area contributed by atoms with Crippen molar-refractivity contribution < 1.29 is 14.6 Å². The average molecular weight is 258 g/mol. The van der Waals surface area contributed by atoms with Gasteiger partial charge >= 0.3 is 5.97 Å². The normalized spacial score (nSPS) is 29.7. The van der Waals surface area contributed by atoms with Crippen molar-refractivity contribution in [3.8, 4) is 0 Å². The van der Waals surface area contributed by atoms with E-state index in [9.17, 15) is 9.90 Å². The molecule has 0 amide bonds. The summed E-state index contributed by atoms with van der Waals surface area (Å²) in [7, 11) is 3.94. The molecular weight excluding hydrogens is 232 g/mol. The van der Waals surface area contributed by atoms with Crippen molar-refractivity contribution in [2.75, 3.05) is 27.2 Å². The zero-order chi connectivity index (χ0) is 14.2. The van der Waals surface area contributed by atoms with Gasteiger partial charge in [0.25, 0.3) is 0 Å². The molecule has 5 nitrogen and oxygen atoms in total. The van der Waals surface area contributed by atoms with Crippen molar-refractivity contribution in [3.63, 3.8) is 0 Å². The number of hydrogen-bond donors (Lipinski definition) is 2. The first-order valence-corrected chi connectivity index (χ1v) is 6.36. The second-order valence-electron chi connectivity index (χ2n) is 6.49. The topological polar surface area (TPSA) is 61.8 Å². The molecule has 1 aliphatic heterocycles. The third kappa shape index (κ3) is 2.84. The minimum absolute atomic E-state index is 0.424. The van der Waals surface area contributed by atoms with Gasteiger partial charge in [0.2, 0.25) is 0 Å². The van der Waals surface area contributed by atoms with Crippen LogP contribution in [0.1, 0.15) is 34.1 Å². The molecule has 1 unspecified atom stereocenters. The number of likely N-dealkylation sites (N-methyl/N-ethyl adjacent to an activating group) is 1. The van der Waals surface area contributed by atoms with E-state index in [0.717, 1.165) is 6.54 Å². The van der Waals surface area contributed by atoms with E-state index in [1.54, 1.807) is 0 Å². The second kappa shape index (κ2) is 4.79. The molecule has 0 spiro atoms. The number of ether oxygens (including phenoxy) is 1.